The first-order chi connectivity index (χ1) is 14.3. The van der Waals surface area contributed by atoms with Gasteiger partial charge in [0, 0.05) is 19.2 Å². The molecule has 0 unspecified atom stereocenters. The van der Waals surface area contributed by atoms with E-state index < -0.39 is 48.6 Å². The Labute approximate surface area is 178 Å². The minimum Gasteiger partial charge on any atom is -0.479 e. The molecule has 172 valence electrons. The maximum atomic E-state index is 14.5. The van der Waals surface area contributed by atoms with Gasteiger partial charge in [0.2, 0.25) is 0 Å². The van der Waals surface area contributed by atoms with E-state index in [4.69, 9.17) is 25.4 Å². The summed E-state index contributed by atoms with van der Waals surface area (Å²) >= 11 is 5.91. The summed E-state index contributed by atoms with van der Waals surface area (Å²) in [5.41, 5.74) is -5.07. The third-order valence-corrected chi connectivity index (χ3v) is 5.93. The van der Waals surface area contributed by atoms with Crippen LogP contribution in [0.25, 0.3) is 5.69 Å². The fourth-order valence-electron chi connectivity index (χ4n) is 2.57. The molecule has 0 aliphatic carbocycles. The van der Waals surface area contributed by atoms with Crippen LogP contribution in [-0.4, -0.2) is 28.7 Å². The molecule has 8 nitrogen and oxygen atoms in total. The smallest absolute Gasteiger partial charge is 0.431 e. The lowest BCUT2D eigenvalue weighted by Crippen LogP contribution is -2.41. The van der Waals surface area contributed by atoms with E-state index in [9.17, 15) is 31.7 Å². The quantitative estimate of drug-likeness (QED) is 0.413. The Bertz CT molecular complexity index is 1120. The maximum absolute atomic E-state index is 14.5. The molecule has 0 aliphatic rings. The fourth-order valence-corrected chi connectivity index (χ4v) is 4.09. The van der Waals surface area contributed by atoms with Gasteiger partial charge in [0.05, 0.1) is 23.9 Å². The second-order valence-corrected chi connectivity index (χ2v) is 8.40. The van der Waals surface area contributed by atoms with Crippen molar-refractivity contribution in [3.05, 3.63) is 55.6 Å². The summed E-state index contributed by atoms with van der Waals surface area (Å²) < 4.78 is 81.7. The van der Waals surface area contributed by atoms with Crippen molar-refractivity contribution in [3.63, 3.8) is 0 Å². The molecule has 0 fully saturated rings. The highest BCUT2D eigenvalue weighted by atomic mass is 35.5. The third kappa shape index (κ3) is 5.57. The number of nitrogens with zero attached hydrogens (tertiary/aromatic N) is 2. The van der Waals surface area contributed by atoms with E-state index in [1.807, 2.05) is 0 Å². The van der Waals surface area contributed by atoms with Crippen LogP contribution >= 0.6 is 19.2 Å². The normalized spacial score (nSPS) is 12.3. The number of hydrogen-bond acceptors (Lipinski definition) is 6. The lowest BCUT2D eigenvalue weighted by atomic mass is 10.2. The summed E-state index contributed by atoms with van der Waals surface area (Å²) in [6.07, 6.45) is -5.60. The van der Waals surface area contributed by atoms with E-state index >= 15 is 0 Å². The number of ether oxygens (including phenoxy) is 1. The zero-order valence-corrected chi connectivity index (χ0v) is 18.2. The monoisotopic (exact) mass is 488 g/mol. The molecule has 1 heterocycles. The molecule has 31 heavy (non-hydrogen) atoms. The first-order valence-electron chi connectivity index (χ1n) is 8.75. The van der Waals surface area contributed by atoms with Crippen molar-refractivity contribution >= 4 is 19.2 Å². The van der Waals surface area contributed by atoms with Gasteiger partial charge < -0.3 is 13.8 Å². The van der Waals surface area contributed by atoms with Crippen molar-refractivity contribution < 1.29 is 35.9 Å². The molecular weight excluding hydrogens is 471 g/mol. The zero-order chi connectivity index (χ0) is 23.6. The van der Waals surface area contributed by atoms with Gasteiger partial charge in [-0.1, -0.05) is 11.6 Å². The summed E-state index contributed by atoms with van der Waals surface area (Å²) in [5, 5.41) is -0.308. The van der Waals surface area contributed by atoms with Crippen molar-refractivity contribution in [1.29, 1.82) is 0 Å². The van der Waals surface area contributed by atoms with Crippen LogP contribution in [-0.2, 0) is 26.8 Å². The van der Waals surface area contributed by atoms with Crippen molar-refractivity contribution in [2.45, 2.75) is 20.0 Å². The summed E-state index contributed by atoms with van der Waals surface area (Å²) in [4.78, 5) is 24.6. The van der Waals surface area contributed by atoms with Crippen molar-refractivity contribution in [1.82, 2.24) is 9.13 Å². The zero-order valence-electron chi connectivity index (χ0n) is 16.5. The SMILES string of the molecule is CCOP(=O)(COc1cc(-n2c(=O)cc(C(F)(F)F)n(C)c2=O)c(F)cc1Cl)OCC. The third-order valence-electron chi connectivity index (χ3n) is 3.88. The summed E-state index contributed by atoms with van der Waals surface area (Å²) in [5.74, 6) is -1.47. The number of benzene rings is 1. The van der Waals surface area contributed by atoms with Gasteiger partial charge in [-0.2, -0.15) is 13.2 Å². The summed E-state index contributed by atoms with van der Waals surface area (Å²) in [7, 11) is -2.91. The van der Waals surface area contributed by atoms with E-state index in [0.29, 0.717) is 6.07 Å². The van der Waals surface area contributed by atoms with E-state index in [-0.39, 0.29) is 39.2 Å². The number of hydrogen-bond donors (Lipinski definition) is 0. The Kier molecular flexibility index (Phi) is 7.75. The van der Waals surface area contributed by atoms with Gasteiger partial charge >= 0.3 is 19.5 Å². The van der Waals surface area contributed by atoms with Crippen LogP contribution in [0.15, 0.2) is 27.8 Å². The Morgan fingerprint density at radius 1 is 1.10 bits per heavy atom. The highest BCUT2D eigenvalue weighted by molar-refractivity contribution is 7.53. The van der Waals surface area contributed by atoms with E-state index in [1.54, 1.807) is 13.8 Å². The second kappa shape index (κ2) is 9.56. The van der Waals surface area contributed by atoms with Crippen molar-refractivity contribution in [2.75, 3.05) is 19.6 Å². The molecule has 1 aromatic carbocycles. The minimum absolute atomic E-state index is 0.0417. The van der Waals surface area contributed by atoms with E-state index in [1.165, 1.54) is 0 Å². The molecule has 0 bridgehead atoms. The molecule has 0 atom stereocenters. The van der Waals surface area contributed by atoms with Crippen LogP contribution in [0.5, 0.6) is 5.75 Å². The summed E-state index contributed by atoms with van der Waals surface area (Å²) in [6.45, 7) is 3.23. The molecule has 0 N–H and O–H groups in total. The minimum atomic E-state index is -4.97. The Morgan fingerprint density at radius 3 is 2.19 bits per heavy atom. The number of aromatic nitrogens is 2. The molecule has 0 saturated carbocycles. The first kappa shape index (κ1) is 25.1. The van der Waals surface area contributed by atoms with Gasteiger partial charge in [-0.25, -0.2) is 13.8 Å². The fraction of sp³-hybridized carbons (Fsp3) is 0.412. The molecule has 0 saturated heterocycles. The average molecular weight is 489 g/mol. The molecule has 0 amide bonds. The lowest BCUT2D eigenvalue weighted by Gasteiger charge is -2.19. The van der Waals surface area contributed by atoms with Crippen molar-refractivity contribution in [2.24, 2.45) is 7.05 Å². The van der Waals surface area contributed by atoms with Gasteiger partial charge in [0.25, 0.3) is 5.56 Å². The molecule has 14 heteroatoms. The Hall–Kier alpha value is -2.14. The molecule has 2 aromatic rings. The first-order valence-corrected chi connectivity index (χ1v) is 10.9. The number of halogens is 5. The van der Waals surface area contributed by atoms with Gasteiger partial charge in [0.15, 0.2) is 6.35 Å². The maximum Gasteiger partial charge on any atom is 0.431 e. The second-order valence-electron chi connectivity index (χ2n) is 6.00. The Morgan fingerprint density at radius 2 is 1.68 bits per heavy atom. The molecule has 1 aromatic heterocycles. The Balaban J connectivity index is 2.56. The average Bonchev–Trinajstić information content (AvgIpc) is 2.65. The van der Waals surface area contributed by atoms with Crippen LogP contribution in [0, 0.1) is 5.82 Å². The van der Waals surface area contributed by atoms with Crippen LogP contribution in [0.3, 0.4) is 0 Å². The largest absolute Gasteiger partial charge is 0.479 e. The van der Waals surface area contributed by atoms with E-state index in [0.717, 1.165) is 13.1 Å². The summed E-state index contributed by atoms with van der Waals surface area (Å²) in [6, 6.07) is 1.69. The van der Waals surface area contributed by atoms with Gasteiger partial charge in [-0.15, -0.1) is 0 Å². The van der Waals surface area contributed by atoms with E-state index in [2.05, 4.69) is 0 Å². The predicted octanol–water partition coefficient (Wildman–Crippen LogP) is 3.95. The highest BCUT2D eigenvalue weighted by Gasteiger charge is 2.35. The van der Waals surface area contributed by atoms with Gasteiger partial charge in [0.1, 0.15) is 17.3 Å². The number of rotatable bonds is 8. The molecule has 0 aliphatic heterocycles. The van der Waals surface area contributed by atoms with Crippen LogP contribution in [0.1, 0.15) is 19.5 Å². The topological polar surface area (TPSA) is 88.8 Å². The number of alkyl halides is 3. The molecule has 2 rings (SSSR count). The van der Waals surface area contributed by atoms with Gasteiger partial charge in [-0.05, 0) is 19.9 Å². The van der Waals surface area contributed by atoms with Gasteiger partial charge in [-0.3, -0.25) is 13.9 Å². The van der Waals surface area contributed by atoms with Crippen LogP contribution in [0.4, 0.5) is 17.6 Å². The predicted molar refractivity (Wildman–Crippen MR) is 104 cm³/mol. The highest BCUT2D eigenvalue weighted by Crippen LogP contribution is 2.48. The van der Waals surface area contributed by atoms with Crippen molar-refractivity contribution in [3.8, 4) is 11.4 Å². The van der Waals surface area contributed by atoms with Crippen LogP contribution in [0.2, 0.25) is 5.02 Å². The van der Waals surface area contributed by atoms with Crippen LogP contribution < -0.4 is 16.0 Å². The lowest BCUT2D eigenvalue weighted by molar-refractivity contribution is -0.144. The molecule has 0 spiro atoms. The standard InChI is InChI=1S/C17H18ClF4N2O6P/c1-4-29-31(27,30-5-2)9-28-13-7-12(11(19)6-10(13)18)24-15(25)8-14(17(20,21)22)23(3)16(24)26/h6-8H,4-5,9H2,1-3H3. The molecule has 0 radical (unpaired) electrons. The molecular formula is C17H18ClF4N2O6P.